The van der Waals surface area contributed by atoms with Crippen LogP contribution < -0.4 is 10.1 Å². The zero-order valence-corrected chi connectivity index (χ0v) is 13.7. The summed E-state index contributed by atoms with van der Waals surface area (Å²) in [6, 6.07) is 13.1. The van der Waals surface area contributed by atoms with Gasteiger partial charge in [-0.3, -0.25) is 0 Å². The van der Waals surface area contributed by atoms with Gasteiger partial charge in [-0.1, -0.05) is 12.1 Å². The number of nitrogens with one attached hydrogen (secondary N) is 2. The van der Waals surface area contributed by atoms with E-state index < -0.39 is 0 Å². The fourth-order valence-electron chi connectivity index (χ4n) is 3.42. The van der Waals surface area contributed by atoms with E-state index in [2.05, 4.69) is 22.4 Å². The van der Waals surface area contributed by atoms with E-state index in [1.54, 1.807) is 13.2 Å². The normalized spacial score (nSPS) is 19.6. The highest BCUT2D eigenvalue weighted by Crippen LogP contribution is 2.49. The molecule has 3 nitrogen and oxygen atoms in total. The summed E-state index contributed by atoms with van der Waals surface area (Å²) in [7, 11) is 1.68. The summed E-state index contributed by atoms with van der Waals surface area (Å²) in [4.78, 5) is 3.25. The number of methoxy groups -OCH3 is 1. The molecule has 0 spiro atoms. The Labute approximate surface area is 140 Å². The Bertz CT molecular complexity index is 840. The first-order valence-corrected chi connectivity index (χ1v) is 8.35. The zero-order valence-electron chi connectivity index (χ0n) is 13.7. The molecular weight excluding hydrogens is 303 g/mol. The number of hydrogen-bond acceptors (Lipinski definition) is 2. The van der Waals surface area contributed by atoms with Crippen molar-refractivity contribution in [2.45, 2.75) is 18.9 Å². The van der Waals surface area contributed by atoms with Gasteiger partial charge in [0.25, 0.3) is 0 Å². The number of rotatable bonds is 6. The Hall–Kier alpha value is -2.33. The minimum Gasteiger partial charge on any atom is -0.497 e. The van der Waals surface area contributed by atoms with Gasteiger partial charge in [0.15, 0.2) is 0 Å². The van der Waals surface area contributed by atoms with Gasteiger partial charge in [-0.05, 0) is 66.3 Å². The lowest BCUT2D eigenvalue weighted by Gasteiger charge is -2.06. The van der Waals surface area contributed by atoms with Crippen LogP contribution in [0.5, 0.6) is 5.75 Å². The van der Waals surface area contributed by atoms with Gasteiger partial charge in [0.2, 0.25) is 0 Å². The lowest BCUT2D eigenvalue weighted by molar-refractivity contribution is 0.414. The highest BCUT2D eigenvalue weighted by molar-refractivity contribution is 5.84. The molecule has 1 aliphatic carbocycles. The molecule has 2 atom stereocenters. The van der Waals surface area contributed by atoms with E-state index in [1.165, 1.54) is 23.6 Å². The largest absolute Gasteiger partial charge is 0.497 e. The molecule has 2 aromatic carbocycles. The van der Waals surface area contributed by atoms with Crippen molar-refractivity contribution >= 4 is 10.9 Å². The van der Waals surface area contributed by atoms with Gasteiger partial charge in [0.1, 0.15) is 11.6 Å². The first kappa shape index (κ1) is 15.2. The molecule has 1 aliphatic rings. The van der Waals surface area contributed by atoms with Crippen LogP contribution in [0.15, 0.2) is 48.7 Å². The van der Waals surface area contributed by atoms with Crippen LogP contribution in [-0.4, -0.2) is 18.6 Å². The van der Waals surface area contributed by atoms with Crippen LogP contribution in [0.1, 0.15) is 23.5 Å². The maximum absolute atomic E-state index is 13.5. The first-order valence-electron chi connectivity index (χ1n) is 8.35. The van der Waals surface area contributed by atoms with Crippen molar-refractivity contribution in [1.29, 1.82) is 0 Å². The molecule has 0 aliphatic heterocycles. The van der Waals surface area contributed by atoms with Crippen molar-refractivity contribution in [2.75, 3.05) is 13.7 Å². The van der Waals surface area contributed by atoms with Crippen LogP contribution >= 0.6 is 0 Å². The minimum absolute atomic E-state index is 0.168. The lowest BCUT2D eigenvalue weighted by atomic mass is 10.1. The number of fused-ring (bicyclic) bond motifs is 1. The van der Waals surface area contributed by atoms with Crippen LogP contribution in [0.4, 0.5) is 4.39 Å². The van der Waals surface area contributed by atoms with Crippen molar-refractivity contribution in [1.82, 2.24) is 10.3 Å². The van der Waals surface area contributed by atoms with Crippen LogP contribution in [0.2, 0.25) is 0 Å². The summed E-state index contributed by atoms with van der Waals surface area (Å²) >= 11 is 0. The Morgan fingerprint density at radius 3 is 2.83 bits per heavy atom. The molecule has 2 N–H and O–H groups in total. The van der Waals surface area contributed by atoms with Gasteiger partial charge >= 0.3 is 0 Å². The van der Waals surface area contributed by atoms with Gasteiger partial charge in [-0.2, -0.15) is 0 Å². The zero-order chi connectivity index (χ0) is 16.5. The van der Waals surface area contributed by atoms with E-state index in [0.717, 1.165) is 29.7 Å². The summed E-state index contributed by atoms with van der Waals surface area (Å²) in [6.45, 7) is 1.84. The number of hydrogen-bond donors (Lipinski definition) is 2. The summed E-state index contributed by atoms with van der Waals surface area (Å²) in [6.07, 6.45) is 3.21. The molecule has 0 saturated heterocycles. The summed E-state index contributed by atoms with van der Waals surface area (Å²) in [5, 5.41) is 4.55. The van der Waals surface area contributed by atoms with Gasteiger partial charge in [-0.15, -0.1) is 0 Å². The van der Waals surface area contributed by atoms with Crippen LogP contribution in [0.3, 0.4) is 0 Å². The highest BCUT2D eigenvalue weighted by atomic mass is 19.1. The van der Waals surface area contributed by atoms with Crippen molar-refractivity contribution < 1.29 is 9.13 Å². The topological polar surface area (TPSA) is 37.0 Å². The van der Waals surface area contributed by atoms with Crippen LogP contribution in [0.25, 0.3) is 10.9 Å². The van der Waals surface area contributed by atoms with E-state index >= 15 is 0 Å². The summed E-state index contributed by atoms with van der Waals surface area (Å²) in [5.74, 6) is 1.88. The summed E-state index contributed by atoms with van der Waals surface area (Å²) < 4.78 is 18.7. The molecule has 124 valence electrons. The van der Waals surface area contributed by atoms with E-state index in [4.69, 9.17) is 4.74 Å². The fourth-order valence-corrected chi connectivity index (χ4v) is 3.42. The average Bonchev–Trinajstić information content (AvgIpc) is 3.25. The fraction of sp³-hybridized carbons (Fsp3) is 0.300. The van der Waals surface area contributed by atoms with Gasteiger partial charge in [0, 0.05) is 23.6 Å². The van der Waals surface area contributed by atoms with E-state index in [1.807, 2.05) is 24.4 Å². The van der Waals surface area contributed by atoms with Crippen LogP contribution in [0, 0.1) is 11.7 Å². The number of H-pyrrole nitrogens is 1. The molecule has 0 bridgehead atoms. The first-order chi connectivity index (χ1) is 11.7. The molecule has 2 unspecified atom stereocenters. The third-order valence-electron chi connectivity index (χ3n) is 4.89. The molecule has 4 heteroatoms. The molecular formula is C20H21FN2O. The van der Waals surface area contributed by atoms with E-state index in [-0.39, 0.29) is 5.82 Å². The number of aromatic nitrogens is 1. The SMILES string of the molecule is COc1ccc(CNCC2CC2c2c[nH]c3ccc(F)cc23)cc1. The smallest absolute Gasteiger partial charge is 0.123 e. The van der Waals surface area contributed by atoms with Gasteiger partial charge in [0.05, 0.1) is 7.11 Å². The molecule has 0 radical (unpaired) electrons. The molecule has 1 saturated carbocycles. The van der Waals surface area contributed by atoms with Crippen molar-refractivity contribution in [3.63, 3.8) is 0 Å². The maximum atomic E-state index is 13.5. The number of aromatic amines is 1. The quantitative estimate of drug-likeness (QED) is 0.713. The monoisotopic (exact) mass is 324 g/mol. The van der Waals surface area contributed by atoms with Gasteiger partial charge < -0.3 is 15.0 Å². The molecule has 24 heavy (non-hydrogen) atoms. The maximum Gasteiger partial charge on any atom is 0.123 e. The third-order valence-corrected chi connectivity index (χ3v) is 4.89. The second-order valence-electron chi connectivity index (χ2n) is 6.52. The second-order valence-corrected chi connectivity index (χ2v) is 6.52. The predicted molar refractivity (Wildman–Crippen MR) is 93.8 cm³/mol. The standard InChI is InChI=1S/C20H21FN2O/c1-24-16-5-2-13(3-6-16)10-22-11-14-8-17(14)19-12-23-20-7-4-15(21)9-18(19)20/h2-7,9,12,14,17,22-23H,8,10-11H2,1H3. The highest BCUT2D eigenvalue weighted by Gasteiger charge is 2.39. The Balaban J connectivity index is 1.33. The summed E-state index contributed by atoms with van der Waals surface area (Å²) in [5.41, 5.74) is 3.52. The van der Waals surface area contributed by atoms with E-state index in [9.17, 15) is 4.39 Å². The number of ether oxygens (including phenoxy) is 1. The predicted octanol–water partition coefficient (Wildman–Crippen LogP) is 4.21. The Morgan fingerprint density at radius 2 is 2.04 bits per heavy atom. The molecule has 1 aromatic heterocycles. The lowest BCUT2D eigenvalue weighted by Crippen LogP contribution is -2.16. The Morgan fingerprint density at radius 1 is 1.21 bits per heavy atom. The van der Waals surface area contributed by atoms with Crippen molar-refractivity contribution in [3.05, 3.63) is 65.6 Å². The molecule has 0 amide bonds. The molecule has 4 rings (SSSR count). The second kappa shape index (κ2) is 6.29. The van der Waals surface area contributed by atoms with Gasteiger partial charge in [-0.25, -0.2) is 4.39 Å². The minimum atomic E-state index is -0.168. The number of halogens is 1. The van der Waals surface area contributed by atoms with Crippen LogP contribution in [-0.2, 0) is 6.54 Å². The van der Waals surface area contributed by atoms with Crippen molar-refractivity contribution in [2.24, 2.45) is 5.92 Å². The molecule has 3 aromatic rings. The molecule has 1 heterocycles. The Kier molecular flexibility index (Phi) is 3.98. The average molecular weight is 324 g/mol. The number of benzene rings is 2. The van der Waals surface area contributed by atoms with E-state index in [0.29, 0.717) is 11.8 Å². The third kappa shape index (κ3) is 3.02. The molecule has 1 fully saturated rings. The van der Waals surface area contributed by atoms with Crippen molar-refractivity contribution in [3.8, 4) is 5.75 Å².